The van der Waals surface area contributed by atoms with Gasteiger partial charge in [-0.1, -0.05) is 0 Å². The van der Waals surface area contributed by atoms with Crippen molar-refractivity contribution in [3.05, 3.63) is 45.0 Å². The molecule has 0 bridgehead atoms. The standard InChI is InChI=1S/C15H17N5O5/c1-18-12-11(13(22)19(2)15(18)23)20(8-10(21)24-3)14(17-12)16-7-9-5-4-6-25-9/h4-6H,7-8H2,1-3H3,(H,16,17). The summed E-state index contributed by atoms with van der Waals surface area (Å²) in [6.07, 6.45) is 1.54. The predicted molar refractivity (Wildman–Crippen MR) is 88.3 cm³/mol. The molecule has 0 saturated carbocycles. The molecular weight excluding hydrogens is 330 g/mol. The van der Waals surface area contributed by atoms with Crippen LogP contribution in [-0.2, 0) is 36.7 Å². The Labute approximate surface area is 141 Å². The average molecular weight is 347 g/mol. The van der Waals surface area contributed by atoms with Crippen molar-refractivity contribution in [3.63, 3.8) is 0 Å². The summed E-state index contributed by atoms with van der Waals surface area (Å²) in [5, 5.41) is 3.01. The van der Waals surface area contributed by atoms with Gasteiger partial charge in [0.2, 0.25) is 5.95 Å². The molecule has 0 saturated heterocycles. The van der Waals surface area contributed by atoms with E-state index in [1.165, 1.54) is 36.6 Å². The van der Waals surface area contributed by atoms with Crippen LogP contribution in [0, 0.1) is 0 Å². The van der Waals surface area contributed by atoms with Gasteiger partial charge in [0.1, 0.15) is 12.3 Å². The number of rotatable bonds is 5. The Bertz CT molecular complexity index is 1040. The van der Waals surface area contributed by atoms with E-state index < -0.39 is 17.2 Å². The number of aromatic nitrogens is 4. The minimum atomic E-state index is -0.545. The molecule has 3 rings (SSSR count). The molecule has 0 spiro atoms. The largest absolute Gasteiger partial charge is 0.468 e. The summed E-state index contributed by atoms with van der Waals surface area (Å²) in [7, 11) is 4.14. The summed E-state index contributed by atoms with van der Waals surface area (Å²) in [6, 6.07) is 3.52. The highest BCUT2D eigenvalue weighted by Crippen LogP contribution is 2.16. The van der Waals surface area contributed by atoms with Crippen molar-refractivity contribution >= 4 is 23.1 Å². The van der Waals surface area contributed by atoms with Crippen LogP contribution >= 0.6 is 0 Å². The molecular formula is C15H17N5O5. The molecule has 10 nitrogen and oxygen atoms in total. The molecule has 0 aliphatic rings. The van der Waals surface area contributed by atoms with E-state index in [-0.39, 0.29) is 23.7 Å². The smallest absolute Gasteiger partial charge is 0.332 e. The number of fused-ring (bicyclic) bond motifs is 1. The number of furan rings is 1. The average Bonchev–Trinajstić information content (AvgIpc) is 3.24. The highest BCUT2D eigenvalue weighted by molar-refractivity contribution is 5.78. The molecule has 3 aromatic rings. The van der Waals surface area contributed by atoms with E-state index in [0.29, 0.717) is 12.3 Å². The lowest BCUT2D eigenvalue weighted by Crippen LogP contribution is -2.37. The van der Waals surface area contributed by atoms with Gasteiger partial charge in [-0.3, -0.25) is 23.3 Å². The Morgan fingerprint density at radius 2 is 2.08 bits per heavy atom. The molecule has 3 aromatic heterocycles. The Hall–Kier alpha value is -3.30. The molecule has 0 aromatic carbocycles. The molecule has 25 heavy (non-hydrogen) atoms. The van der Waals surface area contributed by atoms with Crippen molar-refractivity contribution in [1.29, 1.82) is 0 Å². The Balaban J connectivity index is 2.17. The van der Waals surface area contributed by atoms with E-state index in [0.717, 1.165) is 4.57 Å². The van der Waals surface area contributed by atoms with Gasteiger partial charge in [0.15, 0.2) is 11.2 Å². The number of carbonyl (C=O) groups is 1. The van der Waals surface area contributed by atoms with Gasteiger partial charge in [0, 0.05) is 14.1 Å². The van der Waals surface area contributed by atoms with Crippen LogP contribution in [0.4, 0.5) is 5.95 Å². The lowest BCUT2D eigenvalue weighted by atomic mass is 10.4. The minimum absolute atomic E-state index is 0.136. The van der Waals surface area contributed by atoms with E-state index in [1.807, 2.05) is 0 Å². The van der Waals surface area contributed by atoms with E-state index in [2.05, 4.69) is 10.3 Å². The number of nitrogens with zero attached hydrogens (tertiary/aromatic N) is 4. The van der Waals surface area contributed by atoms with Crippen LogP contribution in [0.1, 0.15) is 5.76 Å². The minimum Gasteiger partial charge on any atom is -0.468 e. The zero-order chi connectivity index (χ0) is 18.1. The molecule has 0 amide bonds. The fourth-order valence-electron chi connectivity index (χ4n) is 2.51. The topological polar surface area (TPSA) is 113 Å². The monoisotopic (exact) mass is 347 g/mol. The summed E-state index contributed by atoms with van der Waals surface area (Å²) in [5.74, 6) is 0.366. The van der Waals surface area contributed by atoms with Gasteiger partial charge in [-0.2, -0.15) is 4.98 Å². The van der Waals surface area contributed by atoms with Crippen LogP contribution in [0.3, 0.4) is 0 Å². The third-order valence-corrected chi connectivity index (χ3v) is 3.86. The number of hydrogen-bond acceptors (Lipinski definition) is 7. The first-order chi connectivity index (χ1) is 11.9. The number of aryl methyl sites for hydroxylation is 1. The molecule has 0 fully saturated rings. The molecule has 0 unspecified atom stereocenters. The van der Waals surface area contributed by atoms with Gasteiger partial charge in [-0.05, 0) is 12.1 Å². The Kier molecular flexibility index (Phi) is 4.17. The van der Waals surface area contributed by atoms with E-state index in [1.54, 1.807) is 12.1 Å². The predicted octanol–water partition coefficient (Wildman–Crippen LogP) is -0.188. The number of carbonyl (C=O) groups excluding carboxylic acids is 1. The third-order valence-electron chi connectivity index (χ3n) is 3.86. The number of ether oxygens (including phenoxy) is 1. The van der Waals surface area contributed by atoms with Gasteiger partial charge in [0.25, 0.3) is 5.56 Å². The number of methoxy groups -OCH3 is 1. The van der Waals surface area contributed by atoms with Crippen molar-refractivity contribution in [2.45, 2.75) is 13.1 Å². The van der Waals surface area contributed by atoms with Crippen LogP contribution in [0.2, 0.25) is 0 Å². The van der Waals surface area contributed by atoms with E-state index in [9.17, 15) is 14.4 Å². The first-order valence-corrected chi connectivity index (χ1v) is 7.43. The second-order valence-corrected chi connectivity index (χ2v) is 5.41. The van der Waals surface area contributed by atoms with E-state index in [4.69, 9.17) is 9.15 Å². The first-order valence-electron chi connectivity index (χ1n) is 7.43. The molecule has 0 radical (unpaired) electrons. The van der Waals surface area contributed by atoms with Gasteiger partial charge < -0.3 is 14.5 Å². The number of esters is 1. The van der Waals surface area contributed by atoms with Crippen molar-refractivity contribution in [2.75, 3.05) is 12.4 Å². The SMILES string of the molecule is COC(=O)Cn1c(NCc2ccco2)nc2c1c(=O)n(C)c(=O)n2C. The quantitative estimate of drug-likeness (QED) is 0.637. The number of imidazole rings is 1. The highest BCUT2D eigenvalue weighted by atomic mass is 16.5. The number of anilines is 1. The highest BCUT2D eigenvalue weighted by Gasteiger charge is 2.21. The molecule has 0 aliphatic carbocycles. The lowest BCUT2D eigenvalue weighted by Gasteiger charge is -2.09. The van der Waals surface area contributed by atoms with E-state index >= 15 is 0 Å². The molecule has 1 N–H and O–H groups in total. The summed E-state index contributed by atoms with van der Waals surface area (Å²) in [6.45, 7) is 0.0761. The number of hydrogen-bond donors (Lipinski definition) is 1. The summed E-state index contributed by atoms with van der Waals surface area (Å²) in [5.41, 5.74) is -0.728. The fraction of sp³-hybridized carbons (Fsp3) is 0.333. The first kappa shape index (κ1) is 16.6. The van der Waals surface area contributed by atoms with Crippen LogP contribution < -0.4 is 16.6 Å². The Morgan fingerprint density at radius 1 is 1.32 bits per heavy atom. The lowest BCUT2D eigenvalue weighted by molar-refractivity contribution is -0.141. The maximum atomic E-state index is 12.5. The summed E-state index contributed by atoms with van der Waals surface area (Å²) in [4.78, 5) is 40.7. The number of nitrogens with one attached hydrogen (secondary N) is 1. The zero-order valence-electron chi connectivity index (χ0n) is 14.0. The third kappa shape index (κ3) is 2.82. The summed E-state index contributed by atoms with van der Waals surface area (Å²) >= 11 is 0. The molecule has 10 heteroatoms. The van der Waals surface area contributed by atoms with Crippen LogP contribution in [0.25, 0.3) is 11.2 Å². The van der Waals surface area contributed by atoms with Crippen molar-refractivity contribution < 1.29 is 13.9 Å². The Morgan fingerprint density at radius 3 is 2.72 bits per heavy atom. The second kappa shape index (κ2) is 6.30. The molecule has 0 aliphatic heterocycles. The van der Waals surface area contributed by atoms with Gasteiger partial charge in [-0.25, -0.2) is 4.79 Å². The summed E-state index contributed by atoms with van der Waals surface area (Å²) < 4.78 is 13.5. The molecule has 132 valence electrons. The molecule has 3 heterocycles. The molecule has 0 atom stereocenters. The second-order valence-electron chi connectivity index (χ2n) is 5.41. The zero-order valence-corrected chi connectivity index (χ0v) is 14.0. The van der Waals surface area contributed by atoms with Crippen molar-refractivity contribution in [3.8, 4) is 0 Å². The van der Waals surface area contributed by atoms with Crippen molar-refractivity contribution in [1.82, 2.24) is 18.7 Å². The van der Waals surface area contributed by atoms with Gasteiger partial charge in [0.05, 0.1) is 19.9 Å². The van der Waals surface area contributed by atoms with Crippen LogP contribution in [-0.4, -0.2) is 31.8 Å². The van der Waals surface area contributed by atoms with Crippen LogP contribution in [0.15, 0.2) is 32.4 Å². The maximum Gasteiger partial charge on any atom is 0.332 e. The van der Waals surface area contributed by atoms with Crippen molar-refractivity contribution in [2.24, 2.45) is 14.1 Å². The fourth-order valence-corrected chi connectivity index (χ4v) is 2.51. The maximum absolute atomic E-state index is 12.5. The normalized spacial score (nSPS) is 11.0. The van der Waals surface area contributed by atoms with Gasteiger partial charge >= 0.3 is 11.7 Å². The van der Waals surface area contributed by atoms with Crippen LogP contribution in [0.5, 0.6) is 0 Å². The van der Waals surface area contributed by atoms with Gasteiger partial charge in [-0.15, -0.1) is 0 Å².